The van der Waals surface area contributed by atoms with Gasteiger partial charge in [-0.05, 0) is 19.3 Å². The van der Waals surface area contributed by atoms with Gasteiger partial charge in [-0.25, -0.2) is 4.57 Å². The summed E-state index contributed by atoms with van der Waals surface area (Å²) in [4.78, 5) is 0. The fourth-order valence-corrected chi connectivity index (χ4v) is 3.59. The molecule has 0 saturated heterocycles. The summed E-state index contributed by atoms with van der Waals surface area (Å²) < 4.78 is 27.2. The average Bonchev–Trinajstić information content (AvgIpc) is 2.37. The van der Waals surface area contributed by atoms with Crippen LogP contribution in [-0.4, -0.2) is 5.60 Å². The van der Waals surface area contributed by atoms with Crippen LogP contribution in [0.1, 0.15) is 59.3 Å². The Balaban J connectivity index is 4.64. The summed E-state index contributed by atoms with van der Waals surface area (Å²) in [7, 11) is 0.429. The molecule has 2 atom stereocenters. The van der Waals surface area contributed by atoms with Crippen molar-refractivity contribution in [3.63, 3.8) is 0 Å². The maximum Gasteiger partial charge on any atom is 0.480 e. The molecule has 0 spiro atoms. The first-order valence-corrected chi connectivity index (χ1v) is 8.49. The predicted molar refractivity (Wildman–Crippen MR) is 77.7 cm³/mol. The topological polar surface area (TPSA) is 44.8 Å². The lowest BCUT2D eigenvalue weighted by Crippen LogP contribution is -2.30. The summed E-state index contributed by atoms with van der Waals surface area (Å²) in [5.74, 6) is 0. The molecule has 0 bridgehead atoms. The zero-order valence-electron chi connectivity index (χ0n) is 11.0. The lowest BCUT2D eigenvalue weighted by atomic mass is 9.91. The van der Waals surface area contributed by atoms with Crippen LogP contribution < -0.4 is 0 Å². The van der Waals surface area contributed by atoms with Gasteiger partial charge in [0, 0.05) is 18.9 Å². The van der Waals surface area contributed by atoms with E-state index in [0.29, 0.717) is 0 Å². The number of phosphoric acid groups is 1. The molecule has 0 aliphatic rings. The number of rotatable bonds is 10. The normalized spacial score (nSPS) is 13.0. The summed E-state index contributed by atoms with van der Waals surface area (Å²) in [6, 6.07) is 0. The SMILES string of the molecule is CCCCCC(CC)(CC)OP(=O)(OP)OP. The first kappa shape index (κ1) is 18.0. The van der Waals surface area contributed by atoms with Crippen molar-refractivity contribution in [1.82, 2.24) is 0 Å². The summed E-state index contributed by atoms with van der Waals surface area (Å²) in [5, 5.41) is 0. The molecule has 0 saturated carbocycles. The highest BCUT2D eigenvalue weighted by atomic mass is 31.2. The second-order valence-electron chi connectivity index (χ2n) is 4.10. The fraction of sp³-hybridized carbons (Fsp3) is 1.00. The standard InChI is InChI=1S/C10H25O4P3/c1-4-7-8-9-10(5-2,6-3)12-17(11,13-15)14-16/h4-9,15-16H2,1-3H3. The molecule has 0 aromatic heterocycles. The summed E-state index contributed by atoms with van der Waals surface area (Å²) in [5.41, 5.74) is -0.419. The van der Waals surface area contributed by atoms with Crippen LogP contribution in [0, 0.1) is 0 Å². The van der Waals surface area contributed by atoms with Crippen LogP contribution in [0.25, 0.3) is 0 Å². The Morgan fingerprint density at radius 3 is 1.94 bits per heavy atom. The van der Waals surface area contributed by atoms with E-state index in [-0.39, 0.29) is 0 Å². The van der Waals surface area contributed by atoms with Crippen LogP contribution in [0.4, 0.5) is 0 Å². The Labute approximate surface area is 110 Å². The van der Waals surface area contributed by atoms with E-state index in [1.807, 2.05) is 32.8 Å². The van der Waals surface area contributed by atoms with Crippen molar-refractivity contribution in [1.29, 1.82) is 0 Å². The molecule has 0 aliphatic carbocycles. The molecule has 0 aromatic carbocycles. The van der Waals surface area contributed by atoms with Crippen LogP contribution in [0.15, 0.2) is 0 Å². The van der Waals surface area contributed by atoms with Gasteiger partial charge < -0.3 is 0 Å². The second kappa shape index (κ2) is 8.97. The number of hydrogen-bond acceptors (Lipinski definition) is 4. The van der Waals surface area contributed by atoms with Crippen LogP contribution in [0.2, 0.25) is 0 Å². The lowest BCUT2D eigenvalue weighted by Gasteiger charge is -2.33. The van der Waals surface area contributed by atoms with Crippen molar-refractivity contribution in [2.45, 2.75) is 64.9 Å². The highest BCUT2D eigenvalue weighted by Crippen LogP contribution is 2.57. The largest absolute Gasteiger partial charge is 0.480 e. The van der Waals surface area contributed by atoms with Crippen molar-refractivity contribution < 1.29 is 17.7 Å². The molecule has 4 nitrogen and oxygen atoms in total. The van der Waals surface area contributed by atoms with Gasteiger partial charge >= 0.3 is 7.82 Å². The maximum absolute atomic E-state index is 12.0. The molecular formula is C10H25O4P3. The minimum atomic E-state index is -3.46. The molecule has 0 amide bonds. The van der Waals surface area contributed by atoms with E-state index in [1.54, 1.807) is 0 Å². The van der Waals surface area contributed by atoms with E-state index >= 15 is 0 Å². The molecule has 0 fully saturated rings. The molecular weight excluding hydrogens is 277 g/mol. The lowest BCUT2D eigenvalue weighted by molar-refractivity contribution is 0.0257. The third-order valence-corrected chi connectivity index (χ3v) is 5.76. The van der Waals surface area contributed by atoms with Crippen molar-refractivity contribution >= 4 is 26.8 Å². The second-order valence-corrected chi connectivity index (χ2v) is 6.86. The van der Waals surface area contributed by atoms with E-state index < -0.39 is 13.4 Å². The Morgan fingerprint density at radius 2 is 1.59 bits per heavy atom. The van der Waals surface area contributed by atoms with Crippen molar-refractivity contribution in [3.05, 3.63) is 0 Å². The maximum atomic E-state index is 12.0. The van der Waals surface area contributed by atoms with Gasteiger partial charge in [0.2, 0.25) is 0 Å². The van der Waals surface area contributed by atoms with Gasteiger partial charge in [0.1, 0.15) is 0 Å². The van der Waals surface area contributed by atoms with E-state index in [9.17, 15) is 4.57 Å². The molecule has 0 aromatic rings. The van der Waals surface area contributed by atoms with Crippen molar-refractivity contribution in [2.75, 3.05) is 0 Å². The smallest absolute Gasteiger partial charge is 0.280 e. The molecule has 2 unspecified atom stereocenters. The highest BCUT2D eigenvalue weighted by Gasteiger charge is 2.37. The minimum absolute atomic E-state index is 0.419. The average molecular weight is 302 g/mol. The third-order valence-electron chi connectivity index (χ3n) is 3.09. The predicted octanol–water partition coefficient (Wildman–Crippen LogP) is 4.86. The third kappa shape index (κ3) is 6.10. The van der Waals surface area contributed by atoms with E-state index in [2.05, 4.69) is 6.92 Å². The van der Waals surface area contributed by atoms with E-state index in [0.717, 1.165) is 38.5 Å². The van der Waals surface area contributed by atoms with Crippen molar-refractivity contribution in [2.24, 2.45) is 0 Å². The Hall–Kier alpha value is 0.970. The number of unbranched alkanes of at least 4 members (excludes halogenated alkanes) is 2. The van der Waals surface area contributed by atoms with Crippen LogP contribution in [0.3, 0.4) is 0 Å². The Morgan fingerprint density at radius 1 is 1.06 bits per heavy atom. The first-order chi connectivity index (χ1) is 8.01. The van der Waals surface area contributed by atoms with Crippen molar-refractivity contribution in [3.8, 4) is 0 Å². The van der Waals surface area contributed by atoms with Gasteiger partial charge in [0.15, 0.2) is 0 Å². The zero-order valence-corrected chi connectivity index (χ0v) is 14.2. The van der Waals surface area contributed by atoms with E-state index in [1.165, 1.54) is 0 Å². The Kier molecular flexibility index (Phi) is 9.48. The molecule has 104 valence electrons. The van der Waals surface area contributed by atoms with Gasteiger partial charge in [0.25, 0.3) is 0 Å². The Bertz CT molecular complexity index is 236. The minimum Gasteiger partial charge on any atom is -0.280 e. The van der Waals surface area contributed by atoms with Crippen LogP contribution in [-0.2, 0) is 17.7 Å². The molecule has 7 heteroatoms. The molecule has 17 heavy (non-hydrogen) atoms. The quantitative estimate of drug-likeness (QED) is 0.427. The van der Waals surface area contributed by atoms with Gasteiger partial charge in [-0.2, -0.15) is 0 Å². The molecule has 0 radical (unpaired) electrons. The van der Waals surface area contributed by atoms with Gasteiger partial charge in [-0.15, -0.1) is 0 Å². The first-order valence-electron chi connectivity index (χ1n) is 6.09. The fourth-order valence-electron chi connectivity index (χ4n) is 1.78. The molecule has 0 rings (SSSR count). The molecule has 0 aliphatic heterocycles. The monoisotopic (exact) mass is 302 g/mol. The molecule has 0 heterocycles. The van der Waals surface area contributed by atoms with Gasteiger partial charge in [0.05, 0.1) is 5.60 Å². The van der Waals surface area contributed by atoms with Crippen LogP contribution >= 0.6 is 26.8 Å². The van der Waals surface area contributed by atoms with Gasteiger partial charge in [-0.3, -0.25) is 13.1 Å². The zero-order chi connectivity index (χ0) is 13.4. The van der Waals surface area contributed by atoms with Gasteiger partial charge in [-0.1, -0.05) is 40.0 Å². The molecule has 0 N–H and O–H groups in total. The van der Waals surface area contributed by atoms with E-state index in [4.69, 9.17) is 13.1 Å². The summed E-state index contributed by atoms with van der Waals surface area (Å²) >= 11 is 0. The highest BCUT2D eigenvalue weighted by molar-refractivity contribution is 7.56. The number of hydrogen-bond donors (Lipinski definition) is 0. The van der Waals surface area contributed by atoms with Crippen LogP contribution in [0.5, 0.6) is 0 Å². The summed E-state index contributed by atoms with van der Waals surface area (Å²) in [6.45, 7) is 6.22. The summed E-state index contributed by atoms with van der Waals surface area (Å²) in [6.07, 6.45) is 5.82.